The average Bonchev–Trinajstić information content (AvgIpc) is 3.06. The van der Waals surface area contributed by atoms with Crippen molar-refractivity contribution < 1.29 is 9.53 Å². The Bertz CT molecular complexity index is 1270. The van der Waals surface area contributed by atoms with Crippen molar-refractivity contribution in [3.63, 3.8) is 0 Å². The number of rotatable bonds is 6. The molecule has 4 aromatic rings. The molecule has 0 unspecified atom stereocenters. The van der Waals surface area contributed by atoms with Crippen LogP contribution in [0.25, 0.3) is 5.69 Å². The molecule has 0 aliphatic heterocycles. The summed E-state index contributed by atoms with van der Waals surface area (Å²) in [4.78, 5) is 25.4. The first-order valence-corrected chi connectivity index (χ1v) is 10.3. The monoisotopic (exact) mass is 427 g/mol. The van der Waals surface area contributed by atoms with E-state index in [4.69, 9.17) is 4.74 Å². The Morgan fingerprint density at radius 1 is 0.906 bits per heavy atom. The number of nitrogens with one attached hydrogen (secondary N) is 1. The zero-order valence-electron chi connectivity index (χ0n) is 18.3. The van der Waals surface area contributed by atoms with Gasteiger partial charge in [-0.1, -0.05) is 48.5 Å². The molecule has 162 valence electrons. The molecule has 0 bridgehead atoms. The Morgan fingerprint density at radius 3 is 2.09 bits per heavy atom. The molecule has 0 amide bonds. The van der Waals surface area contributed by atoms with Crippen LogP contribution in [-0.2, 0) is 11.8 Å². The third-order valence-corrected chi connectivity index (χ3v) is 5.64. The maximum Gasteiger partial charge on any atom is 0.337 e. The Morgan fingerprint density at radius 2 is 1.50 bits per heavy atom. The number of hydrogen-bond acceptors (Lipinski definition) is 4. The van der Waals surface area contributed by atoms with E-state index in [9.17, 15) is 9.59 Å². The van der Waals surface area contributed by atoms with Gasteiger partial charge in [0.15, 0.2) is 0 Å². The molecule has 1 heterocycles. The van der Waals surface area contributed by atoms with E-state index in [2.05, 4.69) is 5.32 Å². The molecular weight excluding hydrogens is 402 g/mol. The van der Waals surface area contributed by atoms with Crippen molar-refractivity contribution in [1.29, 1.82) is 0 Å². The molecule has 0 spiro atoms. The third-order valence-electron chi connectivity index (χ3n) is 5.64. The number of hydrogen-bond donors (Lipinski definition) is 1. The summed E-state index contributed by atoms with van der Waals surface area (Å²) in [5, 5.41) is 3.49. The van der Waals surface area contributed by atoms with Gasteiger partial charge in [-0.05, 0) is 48.9 Å². The van der Waals surface area contributed by atoms with Gasteiger partial charge >= 0.3 is 5.97 Å². The summed E-state index contributed by atoms with van der Waals surface area (Å²) >= 11 is 0. The second-order valence-electron chi connectivity index (χ2n) is 7.53. The van der Waals surface area contributed by atoms with E-state index in [-0.39, 0.29) is 17.6 Å². The number of aromatic nitrogens is 2. The predicted molar refractivity (Wildman–Crippen MR) is 125 cm³/mol. The van der Waals surface area contributed by atoms with Crippen LogP contribution in [0.4, 0.5) is 5.69 Å². The average molecular weight is 428 g/mol. The van der Waals surface area contributed by atoms with Gasteiger partial charge in [-0.3, -0.25) is 9.48 Å². The molecule has 0 fully saturated rings. The first-order valence-electron chi connectivity index (χ1n) is 10.3. The Labute approximate surface area is 186 Å². The number of anilines is 1. The summed E-state index contributed by atoms with van der Waals surface area (Å²) in [5.41, 5.74) is 4.49. The summed E-state index contributed by atoms with van der Waals surface area (Å²) in [7, 11) is 3.25. The van der Waals surface area contributed by atoms with Crippen molar-refractivity contribution in [1.82, 2.24) is 9.36 Å². The molecule has 1 N–H and O–H groups in total. The molecule has 0 aliphatic carbocycles. The van der Waals surface area contributed by atoms with Gasteiger partial charge in [-0.15, -0.1) is 0 Å². The van der Waals surface area contributed by atoms with Gasteiger partial charge in [-0.2, -0.15) is 0 Å². The fourth-order valence-corrected chi connectivity index (χ4v) is 3.88. The second kappa shape index (κ2) is 8.98. The summed E-state index contributed by atoms with van der Waals surface area (Å²) in [6.07, 6.45) is 0. The SMILES string of the molecule is COC(=O)c1ccc(N[C@@H](c2ccccc2)c2c(C)n(C)n(-c3ccccc3)c2=O)cc1. The topological polar surface area (TPSA) is 65.3 Å². The van der Waals surface area contributed by atoms with Crippen molar-refractivity contribution in [2.24, 2.45) is 7.05 Å². The van der Waals surface area contributed by atoms with Crippen LogP contribution in [0.2, 0.25) is 0 Å². The highest BCUT2D eigenvalue weighted by Gasteiger charge is 2.25. The van der Waals surface area contributed by atoms with E-state index in [1.807, 2.05) is 91.4 Å². The van der Waals surface area contributed by atoms with Crippen molar-refractivity contribution in [2.45, 2.75) is 13.0 Å². The largest absolute Gasteiger partial charge is 0.465 e. The van der Waals surface area contributed by atoms with Gasteiger partial charge in [0.25, 0.3) is 5.56 Å². The first-order chi connectivity index (χ1) is 15.5. The lowest BCUT2D eigenvalue weighted by Gasteiger charge is -2.20. The lowest BCUT2D eigenvalue weighted by atomic mass is 9.98. The van der Waals surface area contributed by atoms with Crippen LogP contribution in [0, 0.1) is 6.92 Å². The quantitative estimate of drug-likeness (QED) is 0.461. The maximum absolute atomic E-state index is 13.6. The molecular formula is C26H25N3O3. The van der Waals surface area contributed by atoms with E-state index in [0.717, 1.165) is 22.6 Å². The van der Waals surface area contributed by atoms with E-state index < -0.39 is 0 Å². The van der Waals surface area contributed by atoms with Crippen molar-refractivity contribution in [3.05, 3.63) is 118 Å². The smallest absolute Gasteiger partial charge is 0.337 e. The number of benzene rings is 3. The Kier molecular flexibility index (Phi) is 5.94. The van der Waals surface area contributed by atoms with Crippen LogP contribution in [0.15, 0.2) is 89.7 Å². The molecule has 0 radical (unpaired) electrons. The van der Waals surface area contributed by atoms with Crippen LogP contribution in [0.5, 0.6) is 0 Å². The summed E-state index contributed by atoms with van der Waals surface area (Å²) in [6, 6.07) is 26.1. The summed E-state index contributed by atoms with van der Waals surface area (Å²) < 4.78 is 8.34. The Hall–Kier alpha value is -4.06. The first kappa shape index (κ1) is 21.2. The highest BCUT2D eigenvalue weighted by Crippen LogP contribution is 2.28. The maximum atomic E-state index is 13.6. The molecule has 3 aromatic carbocycles. The molecule has 0 aliphatic rings. The number of carbonyl (C=O) groups excluding carboxylic acids is 1. The minimum atomic E-state index is -0.388. The number of ether oxygens (including phenoxy) is 1. The number of carbonyl (C=O) groups is 1. The van der Waals surface area contributed by atoms with E-state index in [1.54, 1.807) is 16.8 Å². The van der Waals surface area contributed by atoms with E-state index in [0.29, 0.717) is 11.1 Å². The molecule has 1 atom stereocenters. The minimum Gasteiger partial charge on any atom is -0.465 e. The standard InChI is InChI=1S/C26H25N3O3/c1-18-23(25(30)29(28(18)2)22-12-8-5-9-13-22)24(19-10-6-4-7-11-19)27-21-16-14-20(15-17-21)26(31)32-3/h4-17,24,27H,1-3H3/t24-/m0/s1. The van der Waals surface area contributed by atoms with E-state index >= 15 is 0 Å². The predicted octanol–water partition coefficient (Wildman–Crippen LogP) is 4.47. The second-order valence-corrected chi connectivity index (χ2v) is 7.53. The fourth-order valence-electron chi connectivity index (χ4n) is 3.88. The number of nitrogens with zero attached hydrogens (tertiary/aromatic N) is 2. The lowest BCUT2D eigenvalue weighted by Crippen LogP contribution is -2.24. The lowest BCUT2D eigenvalue weighted by molar-refractivity contribution is 0.0601. The Balaban J connectivity index is 1.81. The number of methoxy groups -OCH3 is 1. The van der Waals surface area contributed by atoms with E-state index in [1.165, 1.54) is 7.11 Å². The highest BCUT2D eigenvalue weighted by molar-refractivity contribution is 5.89. The highest BCUT2D eigenvalue weighted by atomic mass is 16.5. The third kappa shape index (κ3) is 3.95. The van der Waals surface area contributed by atoms with Gasteiger partial charge in [0.2, 0.25) is 0 Å². The molecule has 4 rings (SSSR count). The number of esters is 1. The van der Waals surface area contributed by atoms with Crippen molar-refractivity contribution >= 4 is 11.7 Å². The fraction of sp³-hybridized carbons (Fsp3) is 0.154. The molecule has 32 heavy (non-hydrogen) atoms. The molecule has 0 saturated carbocycles. The van der Waals surface area contributed by atoms with Gasteiger partial charge in [0.1, 0.15) is 0 Å². The zero-order chi connectivity index (χ0) is 22.7. The van der Waals surface area contributed by atoms with Crippen molar-refractivity contribution in [2.75, 3.05) is 12.4 Å². The zero-order valence-corrected chi connectivity index (χ0v) is 18.3. The molecule has 1 aromatic heterocycles. The van der Waals surface area contributed by atoms with Crippen LogP contribution >= 0.6 is 0 Å². The van der Waals surface area contributed by atoms with Gasteiger partial charge in [0.05, 0.1) is 30.0 Å². The van der Waals surface area contributed by atoms with Crippen LogP contribution in [-0.4, -0.2) is 22.4 Å². The van der Waals surface area contributed by atoms with Crippen LogP contribution < -0.4 is 10.9 Å². The molecule has 6 nitrogen and oxygen atoms in total. The summed E-state index contributed by atoms with van der Waals surface area (Å²) in [6.45, 7) is 1.95. The van der Waals surface area contributed by atoms with Gasteiger partial charge in [-0.25, -0.2) is 9.48 Å². The molecule has 0 saturated heterocycles. The van der Waals surface area contributed by atoms with Gasteiger partial charge in [0, 0.05) is 18.4 Å². The van der Waals surface area contributed by atoms with Crippen molar-refractivity contribution in [3.8, 4) is 5.69 Å². The molecule has 6 heteroatoms. The minimum absolute atomic E-state index is 0.0799. The summed E-state index contributed by atoms with van der Waals surface area (Å²) in [5.74, 6) is -0.388. The van der Waals surface area contributed by atoms with Crippen LogP contribution in [0.3, 0.4) is 0 Å². The number of para-hydroxylation sites is 1. The normalized spacial score (nSPS) is 11.7. The van der Waals surface area contributed by atoms with Crippen LogP contribution in [0.1, 0.15) is 33.2 Å². The van der Waals surface area contributed by atoms with Gasteiger partial charge < -0.3 is 10.1 Å².